The molecule has 0 aliphatic carbocycles. The van der Waals surface area contributed by atoms with Gasteiger partial charge in [0.05, 0.1) is 6.10 Å². The molecule has 1 unspecified atom stereocenters. The maximum atomic E-state index is 13.0. The van der Waals surface area contributed by atoms with Gasteiger partial charge in [-0.15, -0.1) is 11.3 Å². The smallest absolute Gasteiger partial charge is 0.123 e. The molecule has 2 aromatic rings. The molecule has 0 aliphatic heterocycles. The van der Waals surface area contributed by atoms with Crippen molar-refractivity contribution in [1.82, 2.24) is 0 Å². The number of thiophene rings is 1. The van der Waals surface area contributed by atoms with Crippen molar-refractivity contribution >= 4 is 11.3 Å². The highest BCUT2D eigenvalue weighted by Crippen LogP contribution is 2.30. The van der Waals surface area contributed by atoms with Gasteiger partial charge in [-0.3, -0.25) is 0 Å². The Kier molecular flexibility index (Phi) is 4.61. The van der Waals surface area contributed by atoms with E-state index in [9.17, 15) is 9.50 Å². The third-order valence-electron chi connectivity index (χ3n) is 3.88. The fourth-order valence-corrected chi connectivity index (χ4v) is 3.23. The molecule has 0 spiro atoms. The minimum Gasteiger partial charge on any atom is -0.392 e. The van der Waals surface area contributed by atoms with E-state index in [1.807, 2.05) is 13.8 Å². The van der Waals surface area contributed by atoms with E-state index in [4.69, 9.17) is 0 Å². The van der Waals surface area contributed by atoms with Crippen LogP contribution in [0.3, 0.4) is 0 Å². The first kappa shape index (κ1) is 15.2. The number of benzene rings is 1. The lowest BCUT2D eigenvalue weighted by molar-refractivity contribution is 0.101. The van der Waals surface area contributed by atoms with Crippen LogP contribution in [-0.2, 0) is 18.3 Å². The fourth-order valence-electron chi connectivity index (χ4n) is 2.24. The van der Waals surface area contributed by atoms with Gasteiger partial charge in [0, 0.05) is 21.6 Å². The highest BCUT2D eigenvalue weighted by atomic mass is 32.1. The number of rotatable bonds is 5. The Morgan fingerprint density at radius 3 is 2.25 bits per heavy atom. The molecule has 20 heavy (non-hydrogen) atoms. The Balaban J connectivity index is 2.13. The van der Waals surface area contributed by atoms with Crippen LogP contribution in [0.1, 0.15) is 36.1 Å². The van der Waals surface area contributed by atoms with Crippen LogP contribution < -0.4 is 0 Å². The van der Waals surface area contributed by atoms with Crippen LogP contribution in [0, 0.1) is 5.82 Å². The SMILES string of the molecule is CCc1ccc(CC(O)C(C)(C)c2ccc(F)cc2)s1. The van der Waals surface area contributed by atoms with Crippen molar-refractivity contribution in [3.8, 4) is 0 Å². The quantitative estimate of drug-likeness (QED) is 0.869. The standard InChI is InChI=1S/C17H21FOS/c1-4-14-9-10-15(20-14)11-16(19)17(2,3)12-5-7-13(18)8-6-12/h5-10,16,19H,4,11H2,1-3H3. The molecule has 108 valence electrons. The van der Waals surface area contributed by atoms with E-state index in [0.717, 1.165) is 12.0 Å². The van der Waals surface area contributed by atoms with Gasteiger partial charge in [0.1, 0.15) is 5.82 Å². The maximum absolute atomic E-state index is 13.0. The third kappa shape index (κ3) is 3.28. The van der Waals surface area contributed by atoms with Crippen LogP contribution in [0.15, 0.2) is 36.4 Å². The first-order valence-electron chi connectivity index (χ1n) is 6.95. The summed E-state index contributed by atoms with van der Waals surface area (Å²) in [5.41, 5.74) is 0.558. The molecule has 1 heterocycles. The van der Waals surface area contributed by atoms with Crippen LogP contribution >= 0.6 is 11.3 Å². The van der Waals surface area contributed by atoms with Gasteiger partial charge in [0.15, 0.2) is 0 Å². The minimum atomic E-state index is -0.490. The predicted octanol–water partition coefficient (Wildman–Crippen LogP) is 4.33. The lowest BCUT2D eigenvalue weighted by atomic mass is 9.78. The number of hydrogen-bond acceptors (Lipinski definition) is 2. The van der Waals surface area contributed by atoms with Gasteiger partial charge in [-0.1, -0.05) is 32.9 Å². The summed E-state index contributed by atoms with van der Waals surface area (Å²) in [6, 6.07) is 10.6. The Hall–Kier alpha value is -1.19. The Labute approximate surface area is 124 Å². The second-order valence-electron chi connectivity index (χ2n) is 5.67. The van der Waals surface area contributed by atoms with Gasteiger partial charge < -0.3 is 5.11 Å². The average molecular weight is 292 g/mol. The first-order chi connectivity index (χ1) is 9.43. The van der Waals surface area contributed by atoms with Crippen molar-refractivity contribution in [3.63, 3.8) is 0 Å². The molecule has 0 aliphatic rings. The predicted molar refractivity (Wildman–Crippen MR) is 82.8 cm³/mol. The Morgan fingerprint density at radius 2 is 1.70 bits per heavy atom. The molecule has 1 nitrogen and oxygen atoms in total. The van der Waals surface area contributed by atoms with E-state index in [0.29, 0.717) is 6.42 Å². The highest BCUT2D eigenvalue weighted by molar-refractivity contribution is 7.11. The number of hydrogen-bond donors (Lipinski definition) is 1. The molecule has 0 radical (unpaired) electrons. The van der Waals surface area contributed by atoms with Crippen LogP contribution in [0.5, 0.6) is 0 Å². The molecule has 0 bridgehead atoms. The number of aliphatic hydroxyl groups is 1. The van der Waals surface area contributed by atoms with E-state index >= 15 is 0 Å². The largest absolute Gasteiger partial charge is 0.392 e. The van der Waals surface area contributed by atoms with Crippen LogP contribution in [-0.4, -0.2) is 11.2 Å². The van der Waals surface area contributed by atoms with E-state index in [1.54, 1.807) is 23.5 Å². The third-order valence-corrected chi connectivity index (χ3v) is 5.13. The topological polar surface area (TPSA) is 20.2 Å². The van der Waals surface area contributed by atoms with Gasteiger partial charge in [-0.2, -0.15) is 0 Å². The minimum absolute atomic E-state index is 0.245. The zero-order valence-corrected chi connectivity index (χ0v) is 13.0. The molecule has 1 atom stereocenters. The van der Waals surface area contributed by atoms with Gasteiger partial charge >= 0.3 is 0 Å². The molecule has 3 heteroatoms. The summed E-state index contributed by atoms with van der Waals surface area (Å²) in [4.78, 5) is 2.54. The van der Waals surface area contributed by atoms with E-state index in [1.165, 1.54) is 21.9 Å². The molecule has 1 aromatic heterocycles. The van der Waals surface area contributed by atoms with Crippen molar-refractivity contribution < 1.29 is 9.50 Å². The van der Waals surface area contributed by atoms with Gasteiger partial charge in [-0.25, -0.2) is 4.39 Å². The molecule has 2 rings (SSSR count). The van der Waals surface area contributed by atoms with Gasteiger partial charge in [0.25, 0.3) is 0 Å². The van der Waals surface area contributed by atoms with Crippen molar-refractivity contribution in [2.24, 2.45) is 0 Å². The highest BCUT2D eigenvalue weighted by Gasteiger charge is 2.30. The van der Waals surface area contributed by atoms with Gasteiger partial charge in [-0.05, 0) is 36.2 Å². The number of halogens is 1. The summed E-state index contributed by atoms with van der Waals surface area (Å²) in [6.07, 6.45) is 1.17. The molecular weight excluding hydrogens is 271 g/mol. The zero-order chi connectivity index (χ0) is 14.8. The van der Waals surface area contributed by atoms with E-state index in [2.05, 4.69) is 19.1 Å². The summed E-state index contributed by atoms with van der Waals surface area (Å²) in [5, 5.41) is 10.5. The van der Waals surface area contributed by atoms with Gasteiger partial charge in [0.2, 0.25) is 0 Å². The van der Waals surface area contributed by atoms with E-state index in [-0.39, 0.29) is 5.82 Å². The molecule has 1 N–H and O–H groups in total. The van der Waals surface area contributed by atoms with Crippen molar-refractivity contribution in [3.05, 3.63) is 57.5 Å². The van der Waals surface area contributed by atoms with Crippen molar-refractivity contribution in [2.75, 3.05) is 0 Å². The summed E-state index contributed by atoms with van der Waals surface area (Å²) < 4.78 is 13.0. The van der Waals surface area contributed by atoms with E-state index < -0.39 is 11.5 Å². The normalized spacial score (nSPS) is 13.4. The first-order valence-corrected chi connectivity index (χ1v) is 7.77. The number of aliphatic hydroxyl groups excluding tert-OH is 1. The van der Waals surface area contributed by atoms with Crippen LogP contribution in [0.4, 0.5) is 4.39 Å². The second kappa shape index (κ2) is 6.06. The monoisotopic (exact) mass is 292 g/mol. The van der Waals surface area contributed by atoms with Crippen molar-refractivity contribution in [1.29, 1.82) is 0 Å². The maximum Gasteiger partial charge on any atom is 0.123 e. The molecule has 0 fully saturated rings. The van der Waals surface area contributed by atoms with Crippen LogP contribution in [0.25, 0.3) is 0 Å². The molecule has 0 amide bonds. The molecule has 0 saturated carbocycles. The average Bonchev–Trinajstić information content (AvgIpc) is 2.87. The molecular formula is C17H21FOS. The van der Waals surface area contributed by atoms with Crippen molar-refractivity contribution in [2.45, 2.75) is 45.1 Å². The lowest BCUT2D eigenvalue weighted by Gasteiger charge is -2.31. The molecule has 1 aromatic carbocycles. The number of aryl methyl sites for hydroxylation is 1. The Bertz CT molecular complexity index is 557. The molecule has 0 saturated heterocycles. The second-order valence-corrected chi connectivity index (χ2v) is 6.92. The van der Waals surface area contributed by atoms with Crippen LogP contribution in [0.2, 0.25) is 0 Å². The summed E-state index contributed by atoms with van der Waals surface area (Å²) in [7, 11) is 0. The summed E-state index contributed by atoms with van der Waals surface area (Å²) >= 11 is 1.75. The fraction of sp³-hybridized carbons (Fsp3) is 0.412. The lowest BCUT2D eigenvalue weighted by Crippen LogP contribution is -2.35. The summed E-state index contributed by atoms with van der Waals surface area (Å²) in [6.45, 7) is 6.13. The summed E-state index contributed by atoms with van der Waals surface area (Å²) in [5.74, 6) is -0.245. The zero-order valence-electron chi connectivity index (χ0n) is 12.2. The Morgan fingerprint density at radius 1 is 1.10 bits per heavy atom.